The number of aliphatic hydroxyl groups excluding tert-OH is 1. The van der Waals surface area contributed by atoms with E-state index in [4.69, 9.17) is 14.0 Å². The summed E-state index contributed by atoms with van der Waals surface area (Å²) < 4.78 is 16.9. The largest absolute Gasteiger partial charge is 0.476 e. The SMILES string of the molecule is Cc1ncsc1-c1ccc(CNC(=O)[C@@H]2C[C@@H](O)CN2C(=O)[C@H](c2cc(OCCCCOCCN(CCC(=O)N(C)C)C(=O)O)no2)C(C)C)cc1. The minimum atomic E-state index is -1.10. The number of likely N-dealkylation sites (tertiary alicyclic amines) is 1. The lowest BCUT2D eigenvalue weighted by atomic mass is 9.91. The number of nitrogens with one attached hydrogen (secondary N) is 1. The highest BCUT2D eigenvalue weighted by atomic mass is 32.1. The van der Waals surface area contributed by atoms with E-state index in [1.165, 1.54) is 9.80 Å². The van der Waals surface area contributed by atoms with Gasteiger partial charge in [0.15, 0.2) is 5.76 Å². The minimum absolute atomic E-state index is 0.0348. The van der Waals surface area contributed by atoms with Gasteiger partial charge in [-0.1, -0.05) is 38.1 Å². The zero-order valence-corrected chi connectivity index (χ0v) is 31.3. The molecule has 52 heavy (non-hydrogen) atoms. The van der Waals surface area contributed by atoms with E-state index in [-0.39, 0.29) is 75.1 Å². The van der Waals surface area contributed by atoms with Gasteiger partial charge in [0.25, 0.3) is 5.88 Å². The highest BCUT2D eigenvalue weighted by Gasteiger charge is 2.43. The van der Waals surface area contributed by atoms with Gasteiger partial charge in [0, 0.05) is 65.8 Å². The Kier molecular flexibility index (Phi) is 15.0. The van der Waals surface area contributed by atoms with E-state index in [1.54, 1.807) is 31.5 Å². The van der Waals surface area contributed by atoms with Crippen LogP contribution in [0.1, 0.15) is 62.5 Å². The lowest BCUT2D eigenvalue weighted by Gasteiger charge is -2.28. The summed E-state index contributed by atoms with van der Waals surface area (Å²) in [5.41, 5.74) is 4.75. The number of amides is 4. The first kappa shape index (κ1) is 40.2. The number of rotatable bonds is 19. The van der Waals surface area contributed by atoms with Crippen molar-refractivity contribution in [1.29, 1.82) is 0 Å². The van der Waals surface area contributed by atoms with Crippen LogP contribution < -0.4 is 10.1 Å². The second-order valence-corrected chi connectivity index (χ2v) is 14.2. The van der Waals surface area contributed by atoms with Gasteiger partial charge in [0.2, 0.25) is 17.7 Å². The maximum Gasteiger partial charge on any atom is 0.407 e. The monoisotopic (exact) mass is 742 g/mol. The zero-order valence-electron chi connectivity index (χ0n) is 30.4. The summed E-state index contributed by atoms with van der Waals surface area (Å²) in [5, 5.41) is 26.8. The van der Waals surface area contributed by atoms with Crippen molar-refractivity contribution in [1.82, 2.24) is 30.2 Å². The number of ether oxygens (including phenoxy) is 2. The van der Waals surface area contributed by atoms with Crippen LogP contribution in [0, 0.1) is 12.8 Å². The molecule has 1 aromatic carbocycles. The van der Waals surface area contributed by atoms with Crippen LogP contribution in [0.3, 0.4) is 0 Å². The Labute approximate surface area is 307 Å². The maximum atomic E-state index is 13.9. The van der Waals surface area contributed by atoms with Crippen molar-refractivity contribution in [2.45, 2.75) is 71.1 Å². The van der Waals surface area contributed by atoms with E-state index >= 15 is 0 Å². The molecule has 1 aliphatic heterocycles. The van der Waals surface area contributed by atoms with Gasteiger partial charge in [-0.3, -0.25) is 14.4 Å². The van der Waals surface area contributed by atoms with Crippen LogP contribution in [0.15, 0.2) is 40.4 Å². The number of benzene rings is 1. The molecule has 0 saturated carbocycles. The molecule has 3 N–H and O–H groups in total. The van der Waals surface area contributed by atoms with Gasteiger partial charge in [0.05, 0.1) is 35.4 Å². The number of thiazole rings is 1. The number of aromatic nitrogens is 2. The predicted molar refractivity (Wildman–Crippen MR) is 193 cm³/mol. The van der Waals surface area contributed by atoms with Crippen LogP contribution >= 0.6 is 11.3 Å². The third kappa shape index (κ3) is 11.2. The first-order chi connectivity index (χ1) is 24.8. The van der Waals surface area contributed by atoms with Crippen molar-refractivity contribution in [3.8, 4) is 16.3 Å². The number of nitrogens with zero attached hydrogens (tertiary/aromatic N) is 5. The highest BCUT2D eigenvalue weighted by molar-refractivity contribution is 7.13. The molecule has 4 amide bonds. The van der Waals surface area contributed by atoms with Gasteiger partial charge < -0.3 is 44.2 Å². The number of unbranched alkanes of at least 4 members (excludes halogenated alkanes) is 1. The summed E-state index contributed by atoms with van der Waals surface area (Å²) in [5.74, 6) is -1.21. The molecular weight excluding hydrogens is 692 g/mol. The maximum absolute atomic E-state index is 13.9. The number of aryl methyl sites for hydroxylation is 1. The van der Waals surface area contributed by atoms with E-state index in [2.05, 4.69) is 15.5 Å². The Bertz CT molecular complexity index is 1630. The summed E-state index contributed by atoms with van der Waals surface area (Å²) in [6.45, 7) is 7.23. The summed E-state index contributed by atoms with van der Waals surface area (Å²) >= 11 is 1.58. The number of hydrogen-bond donors (Lipinski definition) is 3. The fraction of sp³-hybridized carbons (Fsp3) is 0.556. The van der Waals surface area contributed by atoms with Gasteiger partial charge in [-0.15, -0.1) is 11.3 Å². The molecule has 16 heteroatoms. The Morgan fingerprint density at radius 1 is 1.10 bits per heavy atom. The molecule has 3 heterocycles. The molecule has 3 aromatic rings. The van der Waals surface area contributed by atoms with Crippen molar-refractivity contribution < 1.29 is 43.4 Å². The fourth-order valence-electron chi connectivity index (χ4n) is 5.88. The molecule has 1 aliphatic rings. The average molecular weight is 743 g/mol. The van der Waals surface area contributed by atoms with Crippen molar-refractivity contribution in [3.05, 3.63) is 52.9 Å². The smallest absolute Gasteiger partial charge is 0.407 e. The molecule has 0 spiro atoms. The molecule has 0 bridgehead atoms. The van der Waals surface area contributed by atoms with Crippen molar-refractivity contribution in [2.75, 3.05) is 53.6 Å². The average Bonchev–Trinajstić information content (AvgIpc) is 3.86. The molecule has 0 aliphatic carbocycles. The van der Waals surface area contributed by atoms with Crippen LogP contribution in [0.5, 0.6) is 5.88 Å². The van der Waals surface area contributed by atoms with Gasteiger partial charge in [0.1, 0.15) is 12.0 Å². The molecular formula is C36H50N6O9S. The van der Waals surface area contributed by atoms with Crippen molar-refractivity contribution in [3.63, 3.8) is 0 Å². The van der Waals surface area contributed by atoms with E-state index in [0.717, 1.165) is 26.6 Å². The van der Waals surface area contributed by atoms with Crippen LogP contribution in [0.25, 0.3) is 10.4 Å². The summed E-state index contributed by atoms with van der Waals surface area (Å²) in [6.07, 6.45) is -0.401. The molecule has 1 saturated heterocycles. The highest BCUT2D eigenvalue weighted by Crippen LogP contribution is 2.32. The van der Waals surface area contributed by atoms with E-state index < -0.39 is 24.2 Å². The normalized spacial score (nSPS) is 16.2. The molecule has 1 fully saturated rings. The molecule has 2 aromatic heterocycles. The fourth-order valence-corrected chi connectivity index (χ4v) is 6.70. The summed E-state index contributed by atoms with van der Waals surface area (Å²) in [4.78, 5) is 59.9. The number of carbonyl (C=O) groups is 4. The number of hydrogen-bond acceptors (Lipinski definition) is 11. The Balaban J connectivity index is 1.22. The standard InChI is InChI=1S/C36H50N6O9S/c1-23(2)32(29-19-30(39-51-29)50-16-7-6-15-49-17-14-41(36(47)48)13-12-31(44)40(4)5)35(46)42-21-27(43)18-28(42)34(45)37-20-25-8-10-26(11-9-25)33-24(3)38-22-52-33/h8-11,19,22-23,27-28,32,43H,6-7,12-18,20-21H2,1-5H3,(H,37,45)(H,47,48)/t27-,28+,32+/m1/s1. The second kappa shape index (κ2) is 19.3. The van der Waals surface area contributed by atoms with Crippen LogP contribution in [0.2, 0.25) is 0 Å². The van der Waals surface area contributed by atoms with E-state index in [9.17, 15) is 29.4 Å². The Hall–Kier alpha value is -4.54. The first-order valence-electron chi connectivity index (χ1n) is 17.5. The third-order valence-corrected chi connectivity index (χ3v) is 9.82. The molecule has 0 radical (unpaired) electrons. The van der Waals surface area contributed by atoms with Crippen molar-refractivity contribution >= 4 is 35.2 Å². The Morgan fingerprint density at radius 2 is 1.83 bits per heavy atom. The molecule has 15 nitrogen and oxygen atoms in total. The molecule has 3 atom stereocenters. The minimum Gasteiger partial charge on any atom is -0.476 e. The summed E-state index contributed by atoms with van der Waals surface area (Å²) in [7, 11) is 3.25. The zero-order chi connectivity index (χ0) is 37.8. The van der Waals surface area contributed by atoms with Crippen LogP contribution in [0.4, 0.5) is 4.79 Å². The number of aliphatic hydroxyl groups is 1. The van der Waals surface area contributed by atoms with E-state index in [0.29, 0.717) is 31.8 Å². The van der Waals surface area contributed by atoms with Gasteiger partial charge in [-0.25, -0.2) is 9.78 Å². The van der Waals surface area contributed by atoms with Crippen molar-refractivity contribution in [2.24, 2.45) is 5.92 Å². The lowest BCUT2D eigenvalue weighted by Crippen LogP contribution is -2.48. The Morgan fingerprint density at radius 3 is 2.48 bits per heavy atom. The summed E-state index contributed by atoms with van der Waals surface area (Å²) in [6, 6.07) is 8.64. The van der Waals surface area contributed by atoms with E-state index in [1.807, 2.05) is 50.5 Å². The predicted octanol–water partition coefficient (Wildman–Crippen LogP) is 3.76. The number of β-amino-alcohol motifs (C(OH)–C–C–N with tert-alkyl or cyclic N) is 1. The van der Waals surface area contributed by atoms with Gasteiger partial charge >= 0.3 is 6.09 Å². The third-order valence-electron chi connectivity index (χ3n) is 8.84. The number of carboxylic acid groups (broad SMARTS) is 1. The quantitative estimate of drug-likeness (QED) is 0.152. The second-order valence-electron chi connectivity index (χ2n) is 13.3. The van der Waals surface area contributed by atoms with Gasteiger partial charge in [-0.05, 0) is 42.0 Å². The van der Waals surface area contributed by atoms with Crippen LogP contribution in [-0.2, 0) is 25.7 Å². The lowest BCUT2D eigenvalue weighted by molar-refractivity contribution is -0.141. The first-order valence-corrected chi connectivity index (χ1v) is 18.3. The molecule has 0 unspecified atom stereocenters. The van der Waals surface area contributed by atoms with Crippen LogP contribution in [-0.4, -0.2) is 125 Å². The van der Waals surface area contributed by atoms with Gasteiger partial charge in [-0.2, -0.15) is 0 Å². The number of carbonyl (C=O) groups excluding carboxylic acids is 3. The molecule has 4 rings (SSSR count). The molecule has 284 valence electrons. The topological polar surface area (TPSA) is 188 Å².